The van der Waals surface area contributed by atoms with Crippen molar-refractivity contribution in [1.82, 2.24) is 14.5 Å². The average Bonchev–Trinajstić information content (AvgIpc) is 3.24. The molecule has 1 N–H and O–H groups in total. The first-order chi connectivity index (χ1) is 10.8. The van der Waals surface area contributed by atoms with Crippen LogP contribution in [0, 0.1) is 0 Å². The second-order valence-corrected chi connectivity index (χ2v) is 6.34. The molecular weight excluding hydrogens is 290 g/mol. The van der Waals surface area contributed by atoms with Gasteiger partial charge in [-0.1, -0.05) is 37.3 Å². The van der Waals surface area contributed by atoms with E-state index >= 15 is 0 Å². The Kier molecular flexibility index (Phi) is 3.12. The standard InChI is InChI=1S/C18H17N3S/c1-3-13-17(12-7-5-4-6-8-12)20-18(19-13)15-11-16-14(21(15)2)9-10-22-16/h4-11H,3H2,1-2H3,(H,19,20). The fourth-order valence-corrected chi connectivity index (χ4v) is 3.75. The first-order valence-corrected chi connectivity index (χ1v) is 8.33. The predicted octanol–water partition coefficient (Wildman–Crippen LogP) is 4.86. The van der Waals surface area contributed by atoms with Crippen molar-refractivity contribution in [1.29, 1.82) is 0 Å². The summed E-state index contributed by atoms with van der Waals surface area (Å²) in [5.41, 5.74) is 5.81. The summed E-state index contributed by atoms with van der Waals surface area (Å²) in [6, 6.07) is 14.8. The zero-order valence-electron chi connectivity index (χ0n) is 12.6. The Morgan fingerprint density at radius 1 is 1.18 bits per heavy atom. The molecule has 110 valence electrons. The van der Waals surface area contributed by atoms with Crippen LogP contribution in [0.15, 0.2) is 47.8 Å². The maximum Gasteiger partial charge on any atom is 0.155 e. The van der Waals surface area contributed by atoms with E-state index in [1.807, 2.05) is 6.07 Å². The maximum absolute atomic E-state index is 4.89. The van der Waals surface area contributed by atoms with E-state index in [1.165, 1.54) is 15.9 Å². The van der Waals surface area contributed by atoms with E-state index in [0.717, 1.165) is 29.2 Å². The van der Waals surface area contributed by atoms with Gasteiger partial charge in [-0.25, -0.2) is 4.98 Å². The molecule has 3 nitrogen and oxygen atoms in total. The number of hydrogen-bond donors (Lipinski definition) is 1. The normalized spacial score (nSPS) is 11.4. The van der Waals surface area contributed by atoms with Crippen LogP contribution in [0.25, 0.3) is 33.0 Å². The van der Waals surface area contributed by atoms with Crippen LogP contribution in [-0.2, 0) is 13.5 Å². The molecular formula is C18H17N3S. The lowest BCUT2D eigenvalue weighted by Crippen LogP contribution is -1.92. The Labute approximate surface area is 133 Å². The number of benzene rings is 1. The van der Waals surface area contributed by atoms with Crippen LogP contribution in [0.4, 0.5) is 0 Å². The van der Waals surface area contributed by atoms with Crippen molar-refractivity contribution in [3.8, 4) is 22.8 Å². The van der Waals surface area contributed by atoms with Gasteiger partial charge in [0, 0.05) is 18.3 Å². The summed E-state index contributed by atoms with van der Waals surface area (Å²) >= 11 is 1.77. The predicted molar refractivity (Wildman–Crippen MR) is 93.2 cm³/mol. The van der Waals surface area contributed by atoms with Gasteiger partial charge in [0.15, 0.2) is 5.82 Å². The zero-order chi connectivity index (χ0) is 15.1. The first kappa shape index (κ1) is 13.3. The lowest BCUT2D eigenvalue weighted by molar-refractivity contribution is 0.962. The molecule has 4 aromatic rings. The highest BCUT2D eigenvalue weighted by molar-refractivity contribution is 7.17. The Morgan fingerprint density at radius 2 is 2.00 bits per heavy atom. The summed E-state index contributed by atoms with van der Waals surface area (Å²) in [4.78, 5) is 8.40. The number of fused-ring (bicyclic) bond motifs is 1. The molecule has 0 radical (unpaired) electrons. The lowest BCUT2D eigenvalue weighted by Gasteiger charge is -1.99. The molecule has 4 rings (SSSR count). The van der Waals surface area contributed by atoms with Gasteiger partial charge in [-0.2, -0.15) is 0 Å². The number of nitrogens with one attached hydrogen (secondary N) is 1. The molecule has 0 atom stereocenters. The summed E-state index contributed by atoms with van der Waals surface area (Å²) in [6.07, 6.45) is 0.940. The molecule has 0 spiro atoms. The molecule has 1 aromatic carbocycles. The van der Waals surface area contributed by atoms with Crippen molar-refractivity contribution >= 4 is 21.6 Å². The first-order valence-electron chi connectivity index (χ1n) is 7.45. The molecule has 3 heterocycles. The topological polar surface area (TPSA) is 33.6 Å². The number of H-pyrrole nitrogens is 1. The van der Waals surface area contributed by atoms with E-state index in [9.17, 15) is 0 Å². The number of nitrogens with zero attached hydrogens (tertiary/aromatic N) is 2. The highest BCUT2D eigenvalue weighted by Crippen LogP contribution is 2.31. The number of aryl methyl sites for hydroxylation is 2. The molecule has 0 amide bonds. The van der Waals surface area contributed by atoms with Crippen molar-refractivity contribution in [3.05, 3.63) is 53.5 Å². The van der Waals surface area contributed by atoms with Crippen LogP contribution in [-0.4, -0.2) is 14.5 Å². The van der Waals surface area contributed by atoms with Gasteiger partial charge in [-0.05, 0) is 23.9 Å². The Hall–Kier alpha value is -2.33. The number of thiophene rings is 1. The van der Waals surface area contributed by atoms with Crippen molar-refractivity contribution < 1.29 is 0 Å². The summed E-state index contributed by atoms with van der Waals surface area (Å²) in [7, 11) is 2.10. The highest BCUT2D eigenvalue weighted by Gasteiger charge is 2.16. The molecule has 0 aliphatic heterocycles. The second-order valence-electron chi connectivity index (χ2n) is 5.39. The van der Waals surface area contributed by atoms with Crippen molar-refractivity contribution in [2.24, 2.45) is 7.05 Å². The van der Waals surface area contributed by atoms with Gasteiger partial charge >= 0.3 is 0 Å². The van der Waals surface area contributed by atoms with Gasteiger partial charge in [0.25, 0.3) is 0 Å². The largest absolute Gasteiger partial charge is 0.340 e. The van der Waals surface area contributed by atoms with Crippen molar-refractivity contribution in [2.45, 2.75) is 13.3 Å². The molecule has 4 heteroatoms. The second kappa shape index (κ2) is 5.14. The van der Waals surface area contributed by atoms with Crippen LogP contribution in [0.5, 0.6) is 0 Å². The fraction of sp³-hybridized carbons (Fsp3) is 0.167. The Morgan fingerprint density at radius 3 is 2.73 bits per heavy atom. The van der Waals surface area contributed by atoms with Gasteiger partial charge in [0.1, 0.15) is 0 Å². The van der Waals surface area contributed by atoms with E-state index in [1.54, 1.807) is 11.3 Å². The van der Waals surface area contributed by atoms with Crippen molar-refractivity contribution in [3.63, 3.8) is 0 Å². The molecule has 3 aromatic heterocycles. The van der Waals surface area contributed by atoms with Gasteiger partial charge in [-0.15, -0.1) is 11.3 Å². The number of rotatable bonds is 3. The van der Waals surface area contributed by atoms with Crippen LogP contribution >= 0.6 is 11.3 Å². The van der Waals surface area contributed by atoms with Crippen LogP contribution < -0.4 is 0 Å². The third-order valence-corrected chi connectivity index (χ3v) is 4.94. The van der Waals surface area contributed by atoms with Crippen LogP contribution in [0.2, 0.25) is 0 Å². The monoisotopic (exact) mass is 307 g/mol. The third kappa shape index (κ3) is 1.99. The SMILES string of the molecule is CCc1[nH]c(-c2cc3sccc3n2C)nc1-c1ccccc1. The molecule has 0 saturated carbocycles. The van der Waals surface area contributed by atoms with E-state index in [-0.39, 0.29) is 0 Å². The minimum Gasteiger partial charge on any atom is -0.340 e. The lowest BCUT2D eigenvalue weighted by atomic mass is 10.1. The van der Waals surface area contributed by atoms with Gasteiger partial charge in [-0.3, -0.25) is 0 Å². The molecule has 22 heavy (non-hydrogen) atoms. The van der Waals surface area contributed by atoms with Crippen LogP contribution in [0.1, 0.15) is 12.6 Å². The molecule has 0 bridgehead atoms. The molecule has 0 saturated heterocycles. The minimum atomic E-state index is 0.940. The number of aromatic amines is 1. The quantitative estimate of drug-likeness (QED) is 0.576. The molecule has 0 fully saturated rings. The zero-order valence-corrected chi connectivity index (χ0v) is 13.4. The van der Waals surface area contributed by atoms with Gasteiger partial charge < -0.3 is 9.55 Å². The molecule has 0 aliphatic rings. The van der Waals surface area contributed by atoms with E-state index in [2.05, 4.69) is 65.3 Å². The number of hydrogen-bond acceptors (Lipinski definition) is 2. The minimum absolute atomic E-state index is 0.940. The van der Waals surface area contributed by atoms with Crippen LogP contribution in [0.3, 0.4) is 0 Å². The van der Waals surface area contributed by atoms with Gasteiger partial charge in [0.05, 0.1) is 21.6 Å². The van der Waals surface area contributed by atoms with E-state index < -0.39 is 0 Å². The van der Waals surface area contributed by atoms with Gasteiger partial charge in [0.2, 0.25) is 0 Å². The van der Waals surface area contributed by atoms with E-state index in [4.69, 9.17) is 4.98 Å². The maximum atomic E-state index is 4.89. The molecule has 0 aliphatic carbocycles. The summed E-state index contributed by atoms with van der Waals surface area (Å²) in [5.74, 6) is 0.946. The smallest absolute Gasteiger partial charge is 0.155 e. The number of aromatic nitrogens is 3. The Bertz CT molecular complexity index is 928. The summed E-state index contributed by atoms with van der Waals surface area (Å²) in [5, 5.41) is 2.13. The van der Waals surface area contributed by atoms with Crippen molar-refractivity contribution in [2.75, 3.05) is 0 Å². The Balaban J connectivity index is 1.88. The molecule has 0 unspecified atom stereocenters. The number of imidazole rings is 1. The summed E-state index contributed by atoms with van der Waals surface area (Å²) in [6.45, 7) is 2.16. The summed E-state index contributed by atoms with van der Waals surface area (Å²) < 4.78 is 3.51. The van der Waals surface area contributed by atoms with E-state index in [0.29, 0.717) is 0 Å². The highest BCUT2D eigenvalue weighted by atomic mass is 32.1. The fourth-order valence-electron chi connectivity index (χ4n) is 2.90. The third-order valence-electron chi connectivity index (χ3n) is 4.09. The average molecular weight is 307 g/mol.